The van der Waals surface area contributed by atoms with Gasteiger partial charge in [-0.15, -0.1) is 0 Å². The van der Waals surface area contributed by atoms with Crippen molar-refractivity contribution in [2.75, 3.05) is 26.3 Å². The van der Waals surface area contributed by atoms with Gasteiger partial charge in [0, 0.05) is 18.7 Å². The molecule has 4 rings (SSSR count). The normalized spacial score (nSPS) is 17.6. The minimum Gasteiger partial charge on any atom is -0.486 e. The Labute approximate surface area is 142 Å². The molecule has 0 spiro atoms. The lowest BCUT2D eigenvalue weighted by Crippen LogP contribution is -2.38. The number of likely N-dealkylation sites (tertiary alicyclic amines) is 1. The summed E-state index contributed by atoms with van der Waals surface area (Å²) >= 11 is 0. The summed E-state index contributed by atoms with van der Waals surface area (Å²) in [6, 6.07) is 16.1. The van der Waals surface area contributed by atoms with Crippen LogP contribution in [0, 0.1) is 0 Å². The summed E-state index contributed by atoms with van der Waals surface area (Å²) in [6.07, 6.45) is 2.03. The zero-order valence-electron chi connectivity index (χ0n) is 13.6. The molecule has 0 aromatic heterocycles. The van der Waals surface area contributed by atoms with E-state index in [1.54, 1.807) is 6.07 Å². The SMILES string of the molecule is O=C(c1ccc2c(c1)OCCO2)N1CCC(c2ccccc2)CC1. The molecule has 2 aromatic rings. The molecule has 124 valence electrons. The van der Waals surface area contributed by atoms with E-state index in [1.807, 2.05) is 23.1 Å². The van der Waals surface area contributed by atoms with Crippen LogP contribution in [0.25, 0.3) is 0 Å². The number of hydrogen-bond acceptors (Lipinski definition) is 3. The molecular formula is C20H21NO3. The van der Waals surface area contributed by atoms with E-state index in [0.29, 0.717) is 30.4 Å². The van der Waals surface area contributed by atoms with E-state index in [0.717, 1.165) is 31.7 Å². The van der Waals surface area contributed by atoms with Gasteiger partial charge in [-0.05, 0) is 42.5 Å². The van der Waals surface area contributed by atoms with Crippen molar-refractivity contribution in [3.63, 3.8) is 0 Å². The Kier molecular flexibility index (Phi) is 4.11. The first kappa shape index (κ1) is 15.1. The van der Waals surface area contributed by atoms with Gasteiger partial charge in [0.25, 0.3) is 5.91 Å². The molecule has 2 heterocycles. The minimum atomic E-state index is 0.0819. The molecule has 0 radical (unpaired) electrons. The summed E-state index contributed by atoms with van der Waals surface area (Å²) < 4.78 is 11.1. The van der Waals surface area contributed by atoms with Gasteiger partial charge in [0.2, 0.25) is 0 Å². The third kappa shape index (κ3) is 2.96. The highest BCUT2D eigenvalue weighted by molar-refractivity contribution is 5.95. The molecule has 0 unspecified atom stereocenters. The molecule has 2 aromatic carbocycles. The van der Waals surface area contributed by atoms with Gasteiger partial charge in [-0.3, -0.25) is 4.79 Å². The number of benzene rings is 2. The number of hydrogen-bond donors (Lipinski definition) is 0. The van der Waals surface area contributed by atoms with E-state index in [2.05, 4.69) is 24.3 Å². The van der Waals surface area contributed by atoms with E-state index < -0.39 is 0 Å². The van der Waals surface area contributed by atoms with Gasteiger partial charge in [-0.25, -0.2) is 0 Å². The van der Waals surface area contributed by atoms with Crippen molar-refractivity contribution in [3.8, 4) is 11.5 Å². The summed E-state index contributed by atoms with van der Waals surface area (Å²) in [5.74, 6) is 2.03. The van der Waals surface area contributed by atoms with Crippen LogP contribution in [0.1, 0.15) is 34.7 Å². The molecule has 0 N–H and O–H groups in total. The van der Waals surface area contributed by atoms with Gasteiger partial charge < -0.3 is 14.4 Å². The molecule has 4 nitrogen and oxygen atoms in total. The molecule has 1 saturated heterocycles. The monoisotopic (exact) mass is 323 g/mol. The Morgan fingerprint density at radius 1 is 0.917 bits per heavy atom. The van der Waals surface area contributed by atoms with Crippen LogP contribution in [0.4, 0.5) is 0 Å². The second kappa shape index (κ2) is 6.56. The van der Waals surface area contributed by atoms with Crippen LogP contribution in [0.15, 0.2) is 48.5 Å². The molecule has 0 saturated carbocycles. The zero-order chi connectivity index (χ0) is 16.4. The number of carbonyl (C=O) groups excluding carboxylic acids is 1. The lowest BCUT2D eigenvalue weighted by molar-refractivity contribution is 0.0712. The third-order valence-corrected chi connectivity index (χ3v) is 4.84. The summed E-state index contributed by atoms with van der Waals surface area (Å²) in [5.41, 5.74) is 2.06. The van der Waals surface area contributed by atoms with Gasteiger partial charge in [0.1, 0.15) is 13.2 Å². The van der Waals surface area contributed by atoms with Crippen molar-refractivity contribution >= 4 is 5.91 Å². The standard InChI is InChI=1S/C20H21NO3/c22-20(17-6-7-18-19(14-17)24-13-12-23-18)21-10-8-16(9-11-21)15-4-2-1-3-5-15/h1-7,14,16H,8-13H2. The van der Waals surface area contributed by atoms with Gasteiger partial charge in [-0.1, -0.05) is 30.3 Å². The van der Waals surface area contributed by atoms with Gasteiger partial charge in [0.05, 0.1) is 0 Å². The van der Waals surface area contributed by atoms with Crippen LogP contribution in [-0.4, -0.2) is 37.1 Å². The summed E-state index contributed by atoms with van der Waals surface area (Å²) in [7, 11) is 0. The van der Waals surface area contributed by atoms with Crippen molar-refractivity contribution < 1.29 is 14.3 Å². The van der Waals surface area contributed by atoms with Crippen LogP contribution in [0.2, 0.25) is 0 Å². The largest absolute Gasteiger partial charge is 0.486 e. The number of ether oxygens (including phenoxy) is 2. The average Bonchev–Trinajstić information content (AvgIpc) is 2.68. The molecule has 0 atom stereocenters. The second-order valence-corrected chi connectivity index (χ2v) is 6.34. The van der Waals surface area contributed by atoms with E-state index in [4.69, 9.17) is 9.47 Å². The summed E-state index contributed by atoms with van der Waals surface area (Å²) in [4.78, 5) is 14.7. The predicted molar refractivity (Wildman–Crippen MR) is 91.8 cm³/mol. The lowest BCUT2D eigenvalue weighted by Gasteiger charge is -2.32. The second-order valence-electron chi connectivity index (χ2n) is 6.34. The number of carbonyl (C=O) groups is 1. The molecule has 0 aliphatic carbocycles. The van der Waals surface area contributed by atoms with E-state index in [-0.39, 0.29) is 5.91 Å². The van der Waals surface area contributed by atoms with Crippen LogP contribution >= 0.6 is 0 Å². The number of nitrogens with zero attached hydrogens (tertiary/aromatic N) is 1. The lowest BCUT2D eigenvalue weighted by atomic mass is 9.89. The van der Waals surface area contributed by atoms with Crippen molar-refractivity contribution in [1.82, 2.24) is 4.90 Å². The molecule has 0 bridgehead atoms. The van der Waals surface area contributed by atoms with Crippen molar-refractivity contribution in [3.05, 3.63) is 59.7 Å². The molecule has 1 amide bonds. The fourth-order valence-electron chi connectivity index (χ4n) is 3.50. The molecule has 24 heavy (non-hydrogen) atoms. The average molecular weight is 323 g/mol. The fourth-order valence-corrected chi connectivity index (χ4v) is 3.50. The Balaban J connectivity index is 1.43. The number of fused-ring (bicyclic) bond motifs is 1. The van der Waals surface area contributed by atoms with E-state index in [9.17, 15) is 4.79 Å². The zero-order valence-corrected chi connectivity index (χ0v) is 13.6. The quantitative estimate of drug-likeness (QED) is 0.849. The van der Waals surface area contributed by atoms with Crippen LogP contribution in [0.3, 0.4) is 0 Å². The first-order chi connectivity index (χ1) is 11.8. The fraction of sp³-hybridized carbons (Fsp3) is 0.350. The topological polar surface area (TPSA) is 38.8 Å². The highest BCUT2D eigenvalue weighted by Gasteiger charge is 2.25. The molecule has 2 aliphatic heterocycles. The first-order valence-corrected chi connectivity index (χ1v) is 8.55. The molecule has 4 heteroatoms. The molecule has 1 fully saturated rings. The number of rotatable bonds is 2. The van der Waals surface area contributed by atoms with E-state index >= 15 is 0 Å². The first-order valence-electron chi connectivity index (χ1n) is 8.55. The number of amides is 1. The Bertz CT molecular complexity index is 721. The van der Waals surface area contributed by atoms with Gasteiger partial charge in [0.15, 0.2) is 11.5 Å². The van der Waals surface area contributed by atoms with Crippen LogP contribution < -0.4 is 9.47 Å². The highest BCUT2D eigenvalue weighted by atomic mass is 16.6. The number of piperidine rings is 1. The highest BCUT2D eigenvalue weighted by Crippen LogP contribution is 2.32. The maximum Gasteiger partial charge on any atom is 0.253 e. The van der Waals surface area contributed by atoms with Gasteiger partial charge >= 0.3 is 0 Å². The van der Waals surface area contributed by atoms with Gasteiger partial charge in [-0.2, -0.15) is 0 Å². The Morgan fingerprint density at radius 3 is 2.38 bits per heavy atom. The maximum absolute atomic E-state index is 12.8. The van der Waals surface area contributed by atoms with Crippen molar-refractivity contribution in [1.29, 1.82) is 0 Å². The van der Waals surface area contributed by atoms with Crippen LogP contribution in [0.5, 0.6) is 11.5 Å². The third-order valence-electron chi connectivity index (χ3n) is 4.84. The summed E-state index contributed by atoms with van der Waals surface area (Å²) in [6.45, 7) is 2.69. The van der Waals surface area contributed by atoms with Crippen molar-refractivity contribution in [2.45, 2.75) is 18.8 Å². The predicted octanol–water partition coefficient (Wildman–Crippen LogP) is 3.48. The summed E-state index contributed by atoms with van der Waals surface area (Å²) in [5, 5.41) is 0. The molecule has 2 aliphatic rings. The smallest absolute Gasteiger partial charge is 0.253 e. The maximum atomic E-state index is 12.8. The molecular weight excluding hydrogens is 302 g/mol. The minimum absolute atomic E-state index is 0.0819. The Morgan fingerprint density at radius 2 is 1.62 bits per heavy atom. The van der Waals surface area contributed by atoms with Crippen molar-refractivity contribution in [2.24, 2.45) is 0 Å². The van der Waals surface area contributed by atoms with E-state index in [1.165, 1.54) is 5.56 Å². The Hall–Kier alpha value is -2.49. The van der Waals surface area contributed by atoms with Crippen LogP contribution in [-0.2, 0) is 0 Å².